The van der Waals surface area contributed by atoms with E-state index in [9.17, 15) is 14.9 Å². The third-order valence-electron chi connectivity index (χ3n) is 4.08. The SMILES string of the molecule is COc1ccc(-c2csc(C(C#N)C(=O)CCCCCNC(C)=O)n2)cc1. The molecule has 0 radical (unpaired) electrons. The number of amides is 1. The van der Waals surface area contributed by atoms with Crippen molar-refractivity contribution in [1.29, 1.82) is 5.26 Å². The maximum absolute atomic E-state index is 12.4. The van der Waals surface area contributed by atoms with Crippen LogP contribution in [-0.4, -0.2) is 30.3 Å². The summed E-state index contributed by atoms with van der Waals surface area (Å²) in [5, 5.41) is 14.6. The summed E-state index contributed by atoms with van der Waals surface area (Å²) in [6, 6.07) is 9.59. The van der Waals surface area contributed by atoms with Gasteiger partial charge in [0, 0.05) is 30.8 Å². The number of unbranched alkanes of at least 4 members (excludes halogenated alkanes) is 2. The molecule has 2 rings (SSSR count). The van der Waals surface area contributed by atoms with Gasteiger partial charge < -0.3 is 10.1 Å². The zero-order valence-electron chi connectivity index (χ0n) is 15.5. The molecule has 0 aliphatic heterocycles. The summed E-state index contributed by atoms with van der Waals surface area (Å²) in [4.78, 5) is 27.7. The van der Waals surface area contributed by atoms with Gasteiger partial charge in [0.15, 0.2) is 11.7 Å². The fourth-order valence-electron chi connectivity index (χ4n) is 2.59. The summed E-state index contributed by atoms with van der Waals surface area (Å²) in [6.45, 7) is 2.10. The van der Waals surface area contributed by atoms with Gasteiger partial charge in [-0.25, -0.2) is 4.98 Å². The molecule has 27 heavy (non-hydrogen) atoms. The van der Waals surface area contributed by atoms with E-state index < -0.39 is 5.92 Å². The van der Waals surface area contributed by atoms with Gasteiger partial charge in [-0.15, -0.1) is 11.3 Å². The van der Waals surface area contributed by atoms with Gasteiger partial charge >= 0.3 is 0 Å². The van der Waals surface area contributed by atoms with Crippen LogP contribution in [0.1, 0.15) is 43.5 Å². The number of benzene rings is 1. The Hall–Kier alpha value is -2.72. The standard InChI is InChI=1S/C20H23N3O3S/c1-14(24)22-11-5-3-4-6-19(25)17(12-21)20-23-18(13-27-20)15-7-9-16(26-2)10-8-15/h7-10,13,17H,3-6,11H2,1-2H3,(H,22,24). The Morgan fingerprint density at radius 3 is 2.63 bits per heavy atom. The molecule has 0 aliphatic rings. The molecule has 0 aliphatic carbocycles. The Morgan fingerprint density at radius 1 is 1.26 bits per heavy atom. The number of hydrogen-bond donors (Lipinski definition) is 1. The van der Waals surface area contributed by atoms with Crippen LogP contribution in [0.25, 0.3) is 11.3 Å². The molecule has 2 aromatic rings. The van der Waals surface area contributed by atoms with Crippen molar-refractivity contribution in [2.24, 2.45) is 0 Å². The number of carbonyl (C=O) groups excluding carboxylic acids is 2. The molecule has 1 aromatic carbocycles. The van der Waals surface area contributed by atoms with Crippen molar-refractivity contribution in [3.05, 3.63) is 34.7 Å². The van der Waals surface area contributed by atoms with Crippen LogP contribution in [0.15, 0.2) is 29.6 Å². The Bertz CT molecular complexity index is 809. The van der Waals surface area contributed by atoms with Crippen LogP contribution in [0.2, 0.25) is 0 Å². The minimum Gasteiger partial charge on any atom is -0.497 e. The van der Waals surface area contributed by atoms with Crippen molar-refractivity contribution in [3.8, 4) is 23.1 Å². The molecule has 6 nitrogen and oxygen atoms in total. The highest BCUT2D eigenvalue weighted by Crippen LogP contribution is 2.28. The smallest absolute Gasteiger partial charge is 0.216 e. The molecule has 1 atom stereocenters. The molecule has 1 N–H and O–H groups in total. The van der Waals surface area contributed by atoms with Gasteiger partial charge in [0.25, 0.3) is 0 Å². The van der Waals surface area contributed by atoms with E-state index in [-0.39, 0.29) is 11.7 Å². The van der Waals surface area contributed by atoms with Gasteiger partial charge in [-0.1, -0.05) is 6.42 Å². The molecule has 0 spiro atoms. The van der Waals surface area contributed by atoms with E-state index in [1.807, 2.05) is 29.6 Å². The number of carbonyl (C=O) groups is 2. The van der Waals surface area contributed by atoms with Gasteiger partial charge in [-0.05, 0) is 37.1 Å². The van der Waals surface area contributed by atoms with Crippen LogP contribution in [0, 0.1) is 11.3 Å². The number of nitriles is 1. The first-order chi connectivity index (χ1) is 13.0. The van der Waals surface area contributed by atoms with E-state index in [2.05, 4.69) is 16.4 Å². The molecule has 1 amide bonds. The van der Waals surface area contributed by atoms with Gasteiger partial charge in [0.2, 0.25) is 5.91 Å². The van der Waals surface area contributed by atoms with Crippen molar-refractivity contribution >= 4 is 23.0 Å². The molecule has 0 saturated heterocycles. The molecule has 7 heteroatoms. The lowest BCUT2D eigenvalue weighted by atomic mass is 10.0. The van der Waals surface area contributed by atoms with Crippen molar-refractivity contribution in [2.75, 3.05) is 13.7 Å². The maximum atomic E-state index is 12.4. The largest absolute Gasteiger partial charge is 0.497 e. The lowest BCUT2D eigenvalue weighted by molar-refractivity contribution is -0.120. The van der Waals surface area contributed by atoms with E-state index in [0.717, 1.165) is 29.8 Å². The molecular formula is C20H23N3O3S. The fourth-order valence-corrected chi connectivity index (χ4v) is 3.48. The summed E-state index contributed by atoms with van der Waals surface area (Å²) in [7, 11) is 1.61. The van der Waals surface area contributed by atoms with Crippen molar-refractivity contribution in [3.63, 3.8) is 0 Å². The van der Waals surface area contributed by atoms with Crippen LogP contribution in [-0.2, 0) is 9.59 Å². The Labute approximate surface area is 163 Å². The van der Waals surface area contributed by atoms with Gasteiger partial charge in [0.05, 0.1) is 18.9 Å². The van der Waals surface area contributed by atoms with E-state index in [1.54, 1.807) is 7.11 Å². The monoisotopic (exact) mass is 385 g/mol. The predicted octanol–water partition coefficient (Wildman–Crippen LogP) is 3.69. The van der Waals surface area contributed by atoms with Crippen LogP contribution < -0.4 is 10.1 Å². The van der Waals surface area contributed by atoms with Gasteiger partial charge in [0.1, 0.15) is 10.8 Å². The Balaban J connectivity index is 1.91. The average molecular weight is 385 g/mol. The van der Waals surface area contributed by atoms with Crippen molar-refractivity contribution in [1.82, 2.24) is 10.3 Å². The van der Waals surface area contributed by atoms with Crippen LogP contribution >= 0.6 is 11.3 Å². The minimum atomic E-state index is -0.822. The quantitative estimate of drug-likeness (QED) is 0.630. The molecular weight excluding hydrogens is 362 g/mol. The topological polar surface area (TPSA) is 92.1 Å². The maximum Gasteiger partial charge on any atom is 0.216 e. The molecule has 0 saturated carbocycles. The Kier molecular flexibility index (Phi) is 7.96. The van der Waals surface area contributed by atoms with E-state index in [4.69, 9.17) is 4.74 Å². The predicted molar refractivity (Wildman–Crippen MR) is 105 cm³/mol. The second-order valence-electron chi connectivity index (χ2n) is 6.12. The van der Waals surface area contributed by atoms with E-state index in [1.165, 1.54) is 18.3 Å². The first-order valence-electron chi connectivity index (χ1n) is 8.81. The highest BCUT2D eigenvalue weighted by molar-refractivity contribution is 7.10. The molecule has 0 fully saturated rings. The normalized spacial score (nSPS) is 11.4. The van der Waals surface area contributed by atoms with E-state index >= 15 is 0 Å². The van der Waals surface area contributed by atoms with Crippen molar-refractivity contribution in [2.45, 2.75) is 38.5 Å². The molecule has 142 valence electrons. The number of nitrogens with zero attached hydrogens (tertiary/aromatic N) is 2. The lowest BCUT2D eigenvalue weighted by Gasteiger charge is -2.06. The zero-order chi connectivity index (χ0) is 19.6. The summed E-state index contributed by atoms with van der Waals surface area (Å²) < 4.78 is 5.14. The number of aromatic nitrogens is 1. The average Bonchev–Trinajstić information content (AvgIpc) is 3.14. The zero-order valence-corrected chi connectivity index (χ0v) is 16.3. The number of nitrogens with one attached hydrogen (secondary N) is 1. The molecule has 0 bridgehead atoms. The highest BCUT2D eigenvalue weighted by Gasteiger charge is 2.23. The van der Waals surface area contributed by atoms with Gasteiger partial charge in [-0.2, -0.15) is 5.26 Å². The summed E-state index contributed by atoms with van der Waals surface area (Å²) in [5.41, 5.74) is 1.67. The number of hydrogen-bond acceptors (Lipinski definition) is 6. The first-order valence-corrected chi connectivity index (χ1v) is 9.69. The van der Waals surface area contributed by atoms with E-state index in [0.29, 0.717) is 24.4 Å². The lowest BCUT2D eigenvalue weighted by Crippen LogP contribution is -2.20. The fraction of sp³-hybridized carbons (Fsp3) is 0.400. The summed E-state index contributed by atoms with van der Waals surface area (Å²) in [5.74, 6) is -0.213. The number of ether oxygens (including phenoxy) is 1. The number of thiazole rings is 1. The third-order valence-corrected chi connectivity index (χ3v) is 4.99. The second kappa shape index (κ2) is 10.4. The highest BCUT2D eigenvalue weighted by atomic mass is 32.1. The van der Waals surface area contributed by atoms with Crippen LogP contribution in [0.3, 0.4) is 0 Å². The molecule has 1 unspecified atom stereocenters. The number of ketones is 1. The number of methoxy groups -OCH3 is 1. The number of rotatable bonds is 10. The second-order valence-corrected chi connectivity index (χ2v) is 7.01. The number of Topliss-reactive ketones (excluding diaryl/α,β-unsaturated/α-hetero) is 1. The van der Waals surface area contributed by atoms with Crippen LogP contribution in [0.4, 0.5) is 0 Å². The third kappa shape index (κ3) is 6.19. The minimum absolute atomic E-state index is 0.0490. The molecule has 1 aromatic heterocycles. The summed E-state index contributed by atoms with van der Waals surface area (Å²) >= 11 is 1.33. The summed E-state index contributed by atoms with van der Waals surface area (Å²) in [6.07, 6.45) is 2.70. The first kappa shape index (κ1) is 20.6. The van der Waals surface area contributed by atoms with Crippen LogP contribution in [0.5, 0.6) is 5.75 Å². The van der Waals surface area contributed by atoms with Gasteiger partial charge in [-0.3, -0.25) is 9.59 Å². The Morgan fingerprint density at radius 2 is 2.00 bits per heavy atom. The van der Waals surface area contributed by atoms with Crippen molar-refractivity contribution < 1.29 is 14.3 Å². The molecule has 1 heterocycles.